The molecule has 3 aromatic carbocycles. The molecule has 0 spiro atoms. The Bertz CT molecular complexity index is 1050. The minimum absolute atomic E-state index is 0.0441. The number of ketones is 1. The van der Waals surface area contributed by atoms with Crippen LogP contribution in [0, 0.1) is 17.5 Å². The van der Waals surface area contributed by atoms with Crippen molar-refractivity contribution < 1.29 is 22.7 Å². The zero-order valence-corrected chi connectivity index (χ0v) is 20.2. The summed E-state index contributed by atoms with van der Waals surface area (Å²) in [6, 6.07) is 18.1. The molecule has 0 aromatic heterocycles. The minimum atomic E-state index is -0.397. The van der Waals surface area contributed by atoms with Crippen molar-refractivity contribution in [2.75, 3.05) is 45.9 Å². The van der Waals surface area contributed by atoms with E-state index in [1.807, 2.05) is 0 Å². The zero-order chi connectivity index (χ0) is 25.3. The first-order valence-corrected chi connectivity index (χ1v) is 12.3. The summed E-state index contributed by atoms with van der Waals surface area (Å²) in [6.07, 6.45) is 0.829. The van der Waals surface area contributed by atoms with E-state index in [2.05, 4.69) is 9.80 Å². The van der Waals surface area contributed by atoms with Gasteiger partial charge in [-0.2, -0.15) is 0 Å². The van der Waals surface area contributed by atoms with Crippen molar-refractivity contribution in [3.05, 3.63) is 107 Å². The number of hydrogen-bond acceptors (Lipinski definition) is 4. The molecule has 3 aromatic rings. The highest BCUT2D eigenvalue weighted by Gasteiger charge is 2.19. The number of Topliss-reactive ketones (excluding diaryl/α,β-unsaturated/α-hetero) is 1. The number of halogens is 3. The Morgan fingerprint density at radius 3 is 1.64 bits per heavy atom. The zero-order valence-electron chi connectivity index (χ0n) is 20.2. The van der Waals surface area contributed by atoms with Gasteiger partial charge in [0.25, 0.3) is 0 Å². The highest BCUT2D eigenvalue weighted by Crippen LogP contribution is 2.26. The molecule has 0 atom stereocenters. The molecule has 0 unspecified atom stereocenters. The maximum Gasteiger partial charge on any atom is 0.162 e. The fourth-order valence-electron chi connectivity index (χ4n) is 4.44. The van der Waals surface area contributed by atoms with E-state index in [1.54, 1.807) is 24.3 Å². The van der Waals surface area contributed by atoms with Gasteiger partial charge in [-0.1, -0.05) is 24.3 Å². The molecule has 0 aliphatic carbocycles. The van der Waals surface area contributed by atoms with Gasteiger partial charge in [0, 0.05) is 44.7 Å². The number of carbonyl (C=O) groups excluding carboxylic acids is 1. The molecular weight excluding hydrogens is 465 g/mol. The predicted molar refractivity (Wildman–Crippen MR) is 133 cm³/mol. The third kappa shape index (κ3) is 7.50. The SMILES string of the molecule is O=C(CCCN1CCN(CCOC(c2ccc(F)cc2)c2ccc(F)cc2)CC1)c1ccc(F)cc1. The van der Waals surface area contributed by atoms with Crippen LogP contribution in [0.3, 0.4) is 0 Å². The van der Waals surface area contributed by atoms with E-state index in [1.165, 1.54) is 48.5 Å². The van der Waals surface area contributed by atoms with Crippen LogP contribution in [0.25, 0.3) is 0 Å². The third-order valence-corrected chi connectivity index (χ3v) is 6.55. The van der Waals surface area contributed by atoms with E-state index >= 15 is 0 Å². The second-order valence-electron chi connectivity index (χ2n) is 9.07. The molecule has 7 heteroatoms. The first kappa shape index (κ1) is 26.1. The molecule has 4 rings (SSSR count). The van der Waals surface area contributed by atoms with Gasteiger partial charge in [-0.05, 0) is 72.6 Å². The Hall–Kier alpha value is -3.00. The molecule has 0 amide bonds. The summed E-state index contributed by atoms with van der Waals surface area (Å²) >= 11 is 0. The Kier molecular flexibility index (Phi) is 9.28. The summed E-state index contributed by atoms with van der Waals surface area (Å²) in [5, 5.41) is 0. The summed E-state index contributed by atoms with van der Waals surface area (Å²) < 4.78 is 46.0. The van der Waals surface area contributed by atoms with Crippen molar-refractivity contribution in [1.29, 1.82) is 0 Å². The van der Waals surface area contributed by atoms with Crippen molar-refractivity contribution in [2.45, 2.75) is 18.9 Å². The molecule has 1 aliphatic heterocycles. The molecule has 0 N–H and O–H groups in total. The van der Waals surface area contributed by atoms with Crippen LogP contribution in [0.15, 0.2) is 72.8 Å². The number of benzene rings is 3. The fourth-order valence-corrected chi connectivity index (χ4v) is 4.44. The number of rotatable bonds is 11. The van der Waals surface area contributed by atoms with Crippen molar-refractivity contribution in [1.82, 2.24) is 9.80 Å². The summed E-state index contributed by atoms with van der Waals surface area (Å²) in [7, 11) is 0. The van der Waals surface area contributed by atoms with E-state index in [-0.39, 0.29) is 23.2 Å². The molecule has 0 bridgehead atoms. The molecule has 36 heavy (non-hydrogen) atoms. The average Bonchev–Trinajstić information content (AvgIpc) is 2.89. The highest BCUT2D eigenvalue weighted by atomic mass is 19.1. The van der Waals surface area contributed by atoms with Crippen LogP contribution in [0.1, 0.15) is 40.4 Å². The van der Waals surface area contributed by atoms with E-state index in [0.717, 1.165) is 56.8 Å². The second-order valence-corrected chi connectivity index (χ2v) is 9.07. The second kappa shape index (κ2) is 12.8. The fraction of sp³-hybridized carbons (Fsp3) is 0.345. The molecule has 190 valence electrons. The lowest BCUT2D eigenvalue weighted by atomic mass is 10.0. The quantitative estimate of drug-likeness (QED) is 0.329. The van der Waals surface area contributed by atoms with Gasteiger partial charge in [0.05, 0.1) is 6.61 Å². The molecule has 1 heterocycles. The predicted octanol–water partition coefficient (Wildman–Crippen LogP) is 5.49. The Morgan fingerprint density at radius 1 is 0.694 bits per heavy atom. The van der Waals surface area contributed by atoms with Crippen LogP contribution in [-0.4, -0.2) is 61.5 Å². The number of nitrogens with zero attached hydrogens (tertiary/aromatic N) is 2. The van der Waals surface area contributed by atoms with Gasteiger partial charge >= 0.3 is 0 Å². The average molecular weight is 497 g/mol. The largest absolute Gasteiger partial charge is 0.367 e. The maximum atomic E-state index is 13.4. The van der Waals surface area contributed by atoms with E-state index in [9.17, 15) is 18.0 Å². The maximum absolute atomic E-state index is 13.4. The lowest BCUT2D eigenvalue weighted by molar-refractivity contribution is 0.0449. The van der Waals surface area contributed by atoms with Gasteiger partial charge < -0.3 is 9.64 Å². The van der Waals surface area contributed by atoms with E-state index in [0.29, 0.717) is 18.6 Å². The van der Waals surface area contributed by atoms with Crippen molar-refractivity contribution in [3.63, 3.8) is 0 Å². The molecule has 1 saturated heterocycles. The standard InChI is InChI=1S/C29H31F3N2O2/c30-25-9-3-22(4-10-25)28(35)2-1-15-33-16-18-34(19-17-33)20-21-36-29(23-5-11-26(31)12-6-23)24-7-13-27(32)14-8-24/h3-14,29H,1-2,15-21H2. The van der Waals surface area contributed by atoms with E-state index in [4.69, 9.17) is 4.74 Å². The van der Waals surface area contributed by atoms with Gasteiger partial charge in [0.15, 0.2) is 5.78 Å². The summed E-state index contributed by atoms with van der Waals surface area (Å²) in [4.78, 5) is 17.0. The van der Waals surface area contributed by atoms with Crippen LogP contribution < -0.4 is 0 Å². The van der Waals surface area contributed by atoms with Gasteiger partial charge in [0.2, 0.25) is 0 Å². The van der Waals surface area contributed by atoms with Crippen LogP contribution in [-0.2, 0) is 4.74 Å². The Morgan fingerprint density at radius 2 is 1.14 bits per heavy atom. The van der Waals surface area contributed by atoms with Gasteiger partial charge in [-0.3, -0.25) is 9.69 Å². The normalized spacial score (nSPS) is 14.9. The van der Waals surface area contributed by atoms with Crippen molar-refractivity contribution >= 4 is 5.78 Å². The topological polar surface area (TPSA) is 32.8 Å². The third-order valence-electron chi connectivity index (χ3n) is 6.55. The number of carbonyl (C=O) groups is 1. The van der Waals surface area contributed by atoms with E-state index < -0.39 is 6.10 Å². The highest BCUT2D eigenvalue weighted by molar-refractivity contribution is 5.95. The number of piperazine rings is 1. The molecule has 1 fully saturated rings. The molecule has 1 aliphatic rings. The number of hydrogen-bond donors (Lipinski definition) is 0. The van der Waals surface area contributed by atoms with Crippen LogP contribution in [0.4, 0.5) is 13.2 Å². The van der Waals surface area contributed by atoms with Crippen LogP contribution in [0.2, 0.25) is 0 Å². The summed E-state index contributed by atoms with van der Waals surface area (Å²) in [6.45, 7) is 5.77. The van der Waals surface area contributed by atoms with Gasteiger partial charge in [0.1, 0.15) is 23.6 Å². The Labute approximate surface area is 210 Å². The van der Waals surface area contributed by atoms with Crippen LogP contribution >= 0.6 is 0 Å². The molecule has 0 saturated carbocycles. The smallest absolute Gasteiger partial charge is 0.162 e. The minimum Gasteiger partial charge on any atom is -0.367 e. The van der Waals surface area contributed by atoms with Gasteiger partial charge in [-0.15, -0.1) is 0 Å². The first-order chi connectivity index (χ1) is 17.5. The molecule has 0 radical (unpaired) electrons. The monoisotopic (exact) mass is 496 g/mol. The van der Waals surface area contributed by atoms with Gasteiger partial charge in [-0.25, -0.2) is 13.2 Å². The lowest BCUT2D eigenvalue weighted by Gasteiger charge is -2.34. The molecular formula is C29H31F3N2O2. The molecule has 4 nitrogen and oxygen atoms in total. The van der Waals surface area contributed by atoms with Crippen molar-refractivity contribution in [3.8, 4) is 0 Å². The van der Waals surface area contributed by atoms with Crippen molar-refractivity contribution in [2.24, 2.45) is 0 Å². The number of ether oxygens (including phenoxy) is 1. The Balaban J connectivity index is 1.20. The first-order valence-electron chi connectivity index (χ1n) is 12.3. The summed E-state index contributed by atoms with van der Waals surface area (Å²) in [5.41, 5.74) is 2.20. The van der Waals surface area contributed by atoms with Crippen LogP contribution in [0.5, 0.6) is 0 Å². The summed E-state index contributed by atoms with van der Waals surface area (Å²) in [5.74, 6) is -0.914. The lowest BCUT2D eigenvalue weighted by Crippen LogP contribution is -2.47.